The summed E-state index contributed by atoms with van der Waals surface area (Å²) in [7, 11) is 0. The van der Waals surface area contributed by atoms with Gasteiger partial charge in [-0.15, -0.1) is 0 Å². The molecule has 0 unspecified atom stereocenters. The van der Waals surface area contributed by atoms with Crippen LogP contribution in [0.1, 0.15) is 21.7 Å². The Morgan fingerprint density at radius 3 is 2.55 bits per heavy atom. The van der Waals surface area contributed by atoms with Crippen molar-refractivity contribution in [3.8, 4) is 0 Å². The van der Waals surface area contributed by atoms with Gasteiger partial charge in [-0.25, -0.2) is 4.79 Å². The number of carboxylic acid groups (broad SMARTS) is 1. The third-order valence-electron chi connectivity index (χ3n) is 3.53. The molecule has 0 spiro atoms. The molecule has 1 amide bonds. The average molecular weight is 271 g/mol. The number of aliphatic carboxylic acids is 1. The van der Waals surface area contributed by atoms with Crippen molar-refractivity contribution in [2.75, 3.05) is 0 Å². The van der Waals surface area contributed by atoms with E-state index in [0.717, 1.165) is 11.1 Å². The first-order valence-corrected chi connectivity index (χ1v) is 6.31. The molecular weight excluding hydrogens is 258 g/mol. The molecule has 3 rings (SSSR count). The second kappa shape index (κ2) is 4.85. The maximum absolute atomic E-state index is 12.4. The van der Waals surface area contributed by atoms with Crippen LogP contribution in [-0.2, 0) is 17.8 Å². The molecule has 0 saturated heterocycles. The largest absolute Gasteiger partial charge is 0.480 e. The highest BCUT2D eigenvalue weighted by Gasteiger charge is 2.35. The number of fused-ring (bicyclic) bond motifs is 1. The molecule has 1 aromatic carbocycles. The quantitative estimate of drug-likeness (QED) is 0.906. The summed E-state index contributed by atoms with van der Waals surface area (Å²) in [5, 5.41) is 9.36. The zero-order valence-corrected chi connectivity index (χ0v) is 10.7. The first kappa shape index (κ1) is 12.5. The molecule has 2 aromatic rings. The van der Waals surface area contributed by atoms with Crippen LogP contribution in [0.25, 0.3) is 0 Å². The zero-order chi connectivity index (χ0) is 14.1. The van der Waals surface area contributed by atoms with Gasteiger partial charge in [0, 0.05) is 13.0 Å². The van der Waals surface area contributed by atoms with Gasteiger partial charge < -0.3 is 14.4 Å². The molecule has 1 atom stereocenters. The molecule has 0 bridgehead atoms. The molecular formula is C15H13NO4. The molecule has 0 aliphatic carbocycles. The Labute approximate surface area is 115 Å². The summed E-state index contributed by atoms with van der Waals surface area (Å²) in [5.41, 5.74) is 1.95. The van der Waals surface area contributed by atoms with E-state index in [9.17, 15) is 14.7 Å². The van der Waals surface area contributed by atoms with Crippen LogP contribution in [0.2, 0.25) is 0 Å². The lowest BCUT2D eigenvalue weighted by Crippen LogP contribution is -2.48. The lowest BCUT2D eigenvalue weighted by Gasteiger charge is -2.33. The minimum atomic E-state index is -1.00. The molecule has 1 aliphatic heterocycles. The van der Waals surface area contributed by atoms with E-state index in [1.165, 1.54) is 11.2 Å². The van der Waals surface area contributed by atoms with E-state index in [1.807, 2.05) is 24.3 Å². The van der Waals surface area contributed by atoms with Gasteiger partial charge in [-0.05, 0) is 23.3 Å². The fourth-order valence-electron chi connectivity index (χ4n) is 2.50. The Bertz CT molecular complexity index is 648. The van der Waals surface area contributed by atoms with Crippen LogP contribution < -0.4 is 0 Å². The summed E-state index contributed by atoms with van der Waals surface area (Å²) in [4.78, 5) is 25.1. The van der Waals surface area contributed by atoms with Gasteiger partial charge in [0.1, 0.15) is 6.04 Å². The second-order valence-electron chi connectivity index (χ2n) is 4.74. The molecule has 5 heteroatoms. The smallest absolute Gasteiger partial charge is 0.326 e. The van der Waals surface area contributed by atoms with Crippen molar-refractivity contribution in [1.82, 2.24) is 4.90 Å². The van der Waals surface area contributed by atoms with Gasteiger partial charge in [-0.3, -0.25) is 4.79 Å². The van der Waals surface area contributed by atoms with E-state index in [2.05, 4.69) is 0 Å². The van der Waals surface area contributed by atoms with E-state index in [-0.39, 0.29) is 12.3 Å². The summed E-state index contributed by atoms with van der Waals surface area (Å²) in [6.45, 7) is 0.284. The minimum Gasteiger partial charge on any atom is -0.480 e. The highest BCUT2D eigenvalue weighted by Crippen LogP contribution is 2.25. The van der Waals surface area contributed by atoms with Gasteiger partial charge in [0.2, 0.25) is 0 Å². The monoisotopic (exact) mass is 271 g/mol. The normalized spacial score (nSPS) is 17.6. The number of hydrogen-bond acceptors (Lipinski definition) is 3. The van der Waals surface area contributed by atoms with Crippen LogP contribution in [-0.4, -0.2) is 27.9 Å². The SMILES string of the molecule is O=C(O)[C@H]1Cc2ccccc2CN1C(=O)c1ccco1. The fourth-order valence-corrected chi connectivity index (χ4v) is 2.50. The Morgan fingerprint density at radius 2 is 1.90 bits per heavy atom. The van der Waals surface area contributed by atoms with E-state index >= 15 is 0 Å². The van der Waals surface area contributed by atoms with Crippen molar-refractivity contribution < 1.29 is 19.1 Å². The molecule has 0 fully saturated rings. The van der Waals surface area contributed by atoms with Crippen LogP contribution in [0.15, 0.2) is 47.1 Å². The fraction of sp³-hybridized carbons (Fsp3) is 0.200. The molecule has 0 saturated carbocycles. The number of amides is 1. The van der Waals surface area contributed by atoms with Gasteiger partial charge >= 0.3 is 5.97 Å². The number of hydrogen-bond donors (Lipinski definition) is 1. The van der Waals surface area contributed by atoms with Gasteiger partial charge in [-0.2, -0.15) is 0 Å². The topological polar surface area (TPSA) is 70.8 Å². The van der Waals surface area contributed by atoms with Gasteiger partial charge in [0.05, 0.1) is 6.26 Å². The third kappa shape index (κ3) is 2.07. The number of rotatable bonds is 2. The number of carboxylic acids is 1. The number of carbonyl (C=O) groups excluding carboxylic acids is 1. The molecule has 1 aromatic heterocycles. The maximum atomic E-state index is 12.4. The summed E-state index contributed by atoms with van der Waals surface area (Å²) in [6, 6.07) is 9.87. The summed E-state index contributed by atoms with van der Waals surface area (Å²) >= 11 is 0. The predicted octanol–water partition coefficient (Wildman–Crippen LogP) is 1.93. The first-order valence-electron chi connectivity index (χ1n) is 6.31. The summed E-state index contributed by atoms with van der Waals surface area (Å²) in [6.07, 6.45) is 1.72. The Hall–Kier alpha value is -2.56. The first-order chi connectivity index (χ1) is 9.66. The number of benzene rings is 1. The van der Waals surface area contributed by atoms with E-state index in [0.29, 0.717) is 6.42 Å². The van der Waals surface area contributed by atoms with Crippen LogP contribution >= 0.6 is 0 Å². The van der Waals surface area contributed by atoms with Crippen LogP contribution in [0.5, 0.6) is 0 Å². The molecule has 0 radical (unpaired) electrons. The van der Waals surface area contributed by atoms with Crippen LogP contribution in [0, 0.1) is 0 Å². The molecule has 20 heavy (non-hydrogen) atoms. The molecule has 5 nitrogen and oxygen atoms in total. The Balaban J connectivity index is 1.96. The predicted molar refractivity (Wildman–Crippen MR) is 70.2 cm³/mol. The summed E-state index contributed by atoms with van der Waals surface area (Å²) < 4.78 is 5.08. The van der Waals surface area contributed by atoms with Crippen molar-refractivity contribution in [3.05, 3.63) is 59.5 Å². The highest BCUT2D eigenvalue weighted by molar-refractivity contribution is 5.94. The minimum absolute atomic E-state index is 0.163. The van der Waals surface area contributed by atoms with E-state index in [1.54, 1.807) is 12.1 Å². The third-order valence-corrected chi connectivity index (χ3v) is 3.53. The number of nitrogens with zero attached hydrogens (tertiary/aromatic N) is 1. The van der Waals surface area contributed by atoms with Gasteiger partial charge in [0.15, 0.2) is 5.76 Å². The van der Waals surface area contributed by atoms with Crippen molar-refractivity contribution in [3.63, 3.8) is 0 Å². The van der Waals surface area contributed by atoms with Crippen LogP contribution in [0.3, 0.4) is 0 Å². The van der Waals surface area contributed by atoms with Crippen molar-refractivity contribution in [2.45, 2.75) is 19.0 Å². The lowest BCUT2D eigenvalue weighted by molar-refractivity contribution is -0.142. The number of carbonyl (C=O) groups is 2. The van der Waals surface area contributed by atoms with Gasteiger partial charge in [0.25, 0.3) is 5.91 Å². The lowest BCUT2D eigenvalue weighted by atomic mass is 9.94. The number of furan rings is 1. The van der Waals surface area contributed by atoms with Gasteiger partial charge in [-0.1, -0.05) is 24.3 Å². The Morgan fingerprint density at radius 1 is 1.15 bits per heavy atom. The summed E-state index contributed by atoms with van der Waals surface area (Å²) in [5.74, 6) is -1.23. The molecule has 1 N–H and O–H groups in total. The highest BCUT2D eigenvalue weighted by atomic mass is 16.4. The molecule has 102 valence electrons. The van der Waals surface area contributed by atoms with E-state index in [4.69, 9.17) is 4.42 Å². The molecule has 1 aliphatic rings. The zero-order valence-electron chi connectivity index (χ0n) is 10.7. The van der Waals surface area contributed by atoms with Crippen LogP contribution in [0.4, 0.5) is 0 Å². The average Bonchev–Trinajstić information content (AvgIpc) is 2.99. The molecule has 2 heterocycles. The van der Waals surface area contributed by atoms with Crippen molar-refractivity contribution in [2.24, 2.45) is 0 Å². The Kier molecular flexibility index (Phi) is 3.02. The van der Waals surface area contributed by atoms with Crippen molar-refractivity contribution >= 4 is 11.9 Å². The standard InChI is InChI=1S/C15H13NO4/c17-14(13-6-3-7-20-13)16-9-11-5-2-1-4-10(11)8-12(16)15(18)19/h1-7,12H,8-9H2,(H,18,19)/t12-/m1/s1. The van der Waals surface area contributed by atoms with E-state index < -0.39 is 17.9 Å². The maximum Gasteiger partial charge on any atom is 0.326 e. The second-order valence-corrected chi connectivity index (χ2v) is 4.74. The van der Waals surface area contributed by atoms with Crippen molar-refractivity contribution in [1.29, 1.82) is 0 Å².